The Kier molecular flexibility index (Phi) is 3.92. The van der Waals surface area contributed by atoms with Gasteiger partial charge in [0.1, 0.15) is 0 Å². The Bertz CT molecular complexity index is 780. The van der Waals surface area contributed by atoms with E-state index in [1.54, 1.807) is 0 Å². The summed E-state index contributed by atoms with van der Waals surface area (Å²) in [5.74, 6) is -0.521. The minimum absolute atomic E-state index is 0.0364. The van der Waals surface area contributed by atoms with E-state index in [0.29, 0.717) is 5.69 Å². The highest BCUT2D eigenvalue weighted by molar-refractivity contribution is 6.25. The fourth-order valence-electron chi connectivity index (χ4n) is 4.26. The molecule has 128 valence electrons. The van der Waals surface area contributed by atoms with Crippen LogP contribution in [0, 0.1) is 5.41 Å². The van der Waals surface area contributed by atoms with Gasteiger partial charge < -0.3 is 4.90 Å². The Morgan fingerprint density at radius 2 is 1.44 bits per heavy atom. The maximum atomic E-state index is 13.5. The summed E-state index contributed by atoms with van der Waals surface area (Å²) in [7, 11) is 2.07. The lowest BCUT2D eigenvalue weighted by molar-refractivity contribution is -0.128. The van der Waals surface area contributed by atoms with E-state index in [2.05, 4.69) is 11.9 Å². The van der Waals surface area contributed by atoms with E-state index in [0.717, 1.165) is 31.5 Å². The summed E-state index contributed by atoms with van der Waals surface area (Å²) < 4.78 is 0. The smallest absolute Gasteiger partial charge is 0.242 e. The molecule has 1 spiro atoms. The summed E-state index contributed by atoms with van der Waals surface area (Å²) in [6, 6.07) is 19.1. The molecule has 1 unspecified atom stereocenters. The molecule has 2 fully saturated rings. The number of likely N-dealkylation sites (tertiary alicyclic amines) is 1. The zero-order chi connectivity index (χ0) is 17.4. The Hall–Kier alpha value is -2.46. The number of nitrogens with zero attached hydrogens (tertiary/aromatic N) is 2. The molecule has 0 bridgehead atoms. The van der Waals surface area contributed by atoms with Gasteiger partial charge >= 0.3 is 0 Å². The summed E-state index contributed by atoms with van der Waals surface area (Å²) in [4.78, 5) is 30.5. The van der Waals surface area contributed by atoms with E-state index < -0.39 is 11.3 Å². The van der Waals surface area contributed by atoms with Crippen LogP contribution < -0.4 is 4.90 Å². The third-order valence-corrected chi connectivity index (χ3v) is 5.68. The number of hydrogen-bond acceptors (Lipinski definition) is 3. The minimum atomic E-state index is -0.624. The molecular weight excluding hydrogens is 312 g/mol. The maximum absolute atomic E-state index is 13.5. The molecule has 25 heavy (non-hydrogen) atoms. The maximum Gasteiger partial charge on any atom is 0.242 e. The summed E-state index contributed by atoms with van der Waals surface area (Å²) in [6.07, 6.45) is 1.44. The zero-order valence-electron chi connectivity index (χ0n) is 14.4. The number of amides is 2. The predicted molar refractivity (Wildman–Crippen MR) is 97.3 cm³/mol. The highest BCUT2D eigenvalue weighted by Gasteiger charge is 2.60. The van der Waals surface area contributed by atoms with E-state index in [1.807, 2.05) is 60.7 Å². The molecule has 1 atom stereocenters. The van der Waals surface area contributed by atoms with Crippen molar-refractivity contribution in [1.29, 1.82) is 0 Å². The van der Waals surface area contributed by atoms with Gasteiger partial charge in [-0.15, -0.1) is 0 Å². The van der Waals surface area contributed by atoms with Crippen LogP contribution in [0.15, 0.2) is 60.7 Å². The molecule has 2 aliphatic heterocycles. The van der Waals surface area contributed by atoms with Crippen molar-refractivity contribution >= 4 is 17.5 Å². The lowest BCUT2D eigenvalue weighted by atomic mass is 9.67. The van der Waals surface area contributed by atoms with Gasteiger partial charge in [-0.05, 0) is 50.7 Å². The van der Waals surface area contributed by atoms with Crippen LogP contribution in [0.4, 0.5) is 5.69 Å². The number of rotatable bonds is 2. The SMILES string of the molecule is CN1CCC2(CC1)C(=O)N(c1ccccc1)C(=O)C2c1ccccc1. The van der Waals surface area contributed by atoms with Gasteiger partial charge in [-0.3, -0.25) is 9.59 Å². The number of carbonyl (C=O) groups excluding carboxylic acids is 2. The normalized spacial score (nSPS) is 23.4. The van der Waals surface area contributed by atoms with Gasteiger partial charge in [0, 0.05) is 0 Å². The van der Waals surface area contributed by atoms with Crippen LogP contribution >= 0.6 is 0 Å². The van der Waals surface area contributed by atoms with Crippen molar-refractivity contribution in [3.63, 3.8) is 0 Å². The molecule has 4 rings (SSSR count). The molecule has 4 nitrogen and oxygen atoms in total. The van der Waals surface area contributed by atoms with Crippen molar-refractivity contribution in [2.24, 2.45) is 5.41 Å². The average molecular weight is 334 g/mol. The van der Waals surface area contributed by atoms with Crippen LogP contribution in [0.5, 0.6) is 0 Å². The molecule has 0 aromatic heterocycles. The molecular formula is C21H22N2O2. The highest BCUT2D eigenvalue weighted by atomic mass is 16.2. The Morgan fingerprint density at radius 3 is 2.04 bits per heavy atom. The van der Waals surface area contributed by atoms with E-state index in [4.69, 9.17) is 0 Å². The topological polar surface area (TPSA) is 40.6 Å². The second-order valence-corrected chi connectivity index (χ2v) is 7.12. The molecule has 0 saturated carbocycles. The Morgan fingerprint density at radius 1 is 0.880 bits per heavy atom. The monoisotopic (exact) mass is 334 g/mol. The molecule has 2 saturated heterocycles. The van der Waals surface area contributed by atoms with Crippen LogP contribution in [0.1, 0.15) is 24.3 Å². The summed E-state index contributed by atoms with van der Waals surface area (Å²) >= 11 is 0. The fraction of sp³-hybridized carbons (Fsp3) is 0.333. The lowest BCUT2D eigenvalue weighted by Gasteiger charge is -2.39. The van der Waals surface area contributed by atoms with Crippen LogP contribution in [-0.4, -0.2) is 36.9 Å². The van der Waals surface area contributed by atoms with Gasteiger partial charge in [-0.1, -0.05) is 48.5 Å². The molecule has 4 heteroatoms. The van der Waals surface area contributed by atoms with Crippen LogP contribution in [0.25, 0.3) is 0 Å². The number of imide groups is 1. The third-order valence-electron chi connectivity index (χ3n) is 5.68. The van der Waals surface area contributed by atoms with E-state index in [1.165, 1.54) is 4.90 Å². The third kappa shape index (κ3) is 2.48. The van der Waals surface area contributed by atoms with Gasteiger partial charge in [0.25, 0.3) is 0 Å². The van der Waals surface area contributed by atoms with Gasteiger partial charge in [-0.25, -0.2) is 4.90 Å². The van der Waals surface area contributed by atoms with Crippen molar-refractivity contribution in [1.82, 2.24) is 4.90 Å². The van der Waals surface area contributed by atoms with Gasteiger partial charge in [0.05, 0.1) is 17.0 Å². The number of piperidine rings is 1. The van der Waals surface area contributed by atoms with Crippen molar-refractivity contribution in [2.75, 3.05) is 25.0 Å². The Balaban J connectivity index is 1.82. The average Bonchev–Trinajstić information content (AvgIpc) is 2.86. The molecule has 0 radical (unpaired) electrons. The number of para-hydroxylation sites is 1. The Labute approximate surface area is 148 Å². The van der Waals surface area contributed by atoms with Crippen molar-refractivity contribution < 1.29 is 9.59 Å². The summed E-state index contributed by atoms with van der Waals surface area (Å²) in [5.41, 5.74) is 0.999. The molecule has 2 aromatic carbocycles. The van der Waals surface area contributed by atoms with Crippen LogP contribution in [0.2, 0.25) is 0 Å². The molecule has 2 heterocycles. The quantitative estimate of drug-likeness (QED) is 0.793. The van der Waals surface area contributed by atoms with Crippen molar-refractivity contribution in [3.8, 4) is 0 Å². The number of carbonyl (C=O) groups is 2. The first-order valence-corrected chi connectivity index (χ1v) is 8.80. The van der Waals surface area contributed by atoms with Crippen molar-refractivity contribution in [3.05, 3.63) is 66.2 Å². The molecule has 0 N–H and O–H groups in total. The van der Waals surface area contributed by atoms with Gasteiger partial charge in [0.15, 0.2) is 0 Å². The molecule has 0 aliphatic carbocycles. The number of benzene rings is 2. The number of anilines is 1. The summed E-state index contributed by atoms with van der Waals surface area (Å²) in [6.45, 7) is 1.68. The first-order chi connectivity index (χ1) is 12.1. The number of hydrogen-bond donors (Lipinski definition) is 0. The predicted octanol–water partition coefficient (Wildman–Crippen LogP) is 3.06. The minimum Gasteiger partial charge on any atom is -0.306 e. The first-order valence-electron chi connectivity index (χ1n) is 8.80. The van der Waals surface area contributed by atoms with E-state index in [-0.39, 0.29) is 11.8 Å². The molecule has 2 aliphatic rings. The van der Waals surface area contributed by atoms with Crippen LogP contribution in [0.3, 0.4) is 0 Å². The van der Waals surface area contributed by atoms with Gasteiger partial charge in [0.2, 0.25) is 11.8 Å². The standard InChI is InChI=1S/C21H22N2O2/c1-22-14-12-21(13-15-22)18(16-8-4-2-5-9-16)19(24)23(20(21)25)17-10-6-3-7-11-17/h2-11,18H,12-15H2,1H3. The summed E-state index contributed by atoms with van der Waals surface area (Å²) in [5, 5.41) is 0. The lowest BCUT2D eigenvalue weighted by Crippen LogP contribution is -2.45. The molecule has 2 aromatic rings. The molecule has 2 amide bonds. The highest BCUT2D eigenvalue weighted by Crippen LogP contribution is 2.52. The first kappa shape index (κ1) is 16.0. The second-order valence-electron chi connectivity index (χ2n) is 7.12. The van der Waals surface area contributed by atoms with Crippen LogP contribution in [-0.2, 0) is 9.59 Å². The van der Waals surface area contributed by atoms with E-state index in [9.17, 15) is 9.59 Å². The second kappa shape index (κ2) is 6.12. The fourth-order valence-corrected chi connectivity index (χ4v) is 4.26. The van der Waals surface area contributed by atoms with Gasteiger partial charge in [-0.2, -0.15) is 0 Å². The van der Waals surface area contributed by atoms with E-state index >= 15 is 0 Å². The largest absolute Gasteiger partial charge is 0.306 e. The van der Waals surface area contributed by atoms with Crippen molar-refractivity contribution in [2.45, 2.75) is 18.8 Å². The zero-order valence-corrected chi connectivity index (χ0v) is 14.4.